The summed E-state index contributed by atoms with van der Waals surface area (Å²) in [6, 6.07) is 70.7. The maximum Gasteiger partial charge on any atom is 0.252 e. The topological polar surface area (TPSA) is 40.1 Å². The molecule has 0 aliphatic carbocycles. The first kappa shape index (κ1) is 54.6. The summed E-state index contributed by atoms with van der Waals surface area (Å²) in [6.45, 7) is 34.8. The first-order valence-corrected chi connectivity index (χ1v) is 32.3. The van der Waals surface area contributed by atoms with E-state index >= 15 is 0 Å². The van der Waals surface area contributed by atoms with Gasteiger partial charge in [-0.25, -0.2) is 0 Å². The molecule has 88 heavy (non-hydrogen) atoms. The lowest BCUT2D eigenvalue weighted by Gasteiger charge is -2.47. The fourth-order valence-electron chi connectivity index (χ4n) is 14.9. The Bertz CT molecular complexity index is 5180. The summed E-state index contributed by atoms with van der Waals surface area (Å²) in [5.41, 5.74) is 26.3. The highest BCUT2D eigenvalue weighted by atomic mass is 32.1. The summed E-state index contributed by atoms with van der Waals surface area (Å²) >= 11 is 1.86. The monoisotopic (exact) mass is 1160 g/mol. The van der Waals surface area contributed by atoms with E-state index in [0.29, 0.717) is 5.56 Å². The molecule has 13 aromatic rings. The molecule has 0 saturated heterocycles. The van der Waals surface area contributed by atoms with E-state index in [0.717, 1.165) is 34.1 Å². The SMILES string of the molecule is CC(C)(C)c1cc2c3c(c1)-n1c4ccc(C(C)(C)C)cc4c4cc(C(C)(C)C)cc(c41)N3c1cc(C#N)cc3c1B2c1ccc(-n2c4ccc(C(C)(C)C)cc4c4cc(C(C)(C)C)ccc42)cc1N3c1ccc(-c2cccc3sc4ccccc4c23)cc1. The molecule has 0 fully saturated rings. The van der Waals surface area contributed by atoms with Crippen molar-refractivity contribution in [2.24, 2.45) is 0 Å². The summed E-state index contributed by atoms with van der Waals surface area (Å²) in [5, 5.41) is 19.1. The Morgan fingerprint density at radius 3 is 1.51 bits per heavy atom. The minimum atomic E-state index is -0.188. The number of nitrogens with zero attached hydrogens (tertiary/aromatic N) is 5. The predicted molar refractivity (Wildman–Crippen MR) is 379 cm³/mol. The zero-order valence-corrected chi connectivity index (χ0v) is 54.3. The third-order valence-corrected chi connectivity index (χ3v) is 20.9. The number of hydrogen-bond donors (Lipinski definition) is 0. The fraction of sp³-hybridized carbons (Fsp3) is 0.247. The van der Waals surface area contributed by atoms with Crippen LogP contribution in [0, 0.1) is 11.3 Å². The van der Waals surface area contributed by atoms with Crippen molar-refractivity contribution in [2.75, 3.05) is 9.80 Å². The van der Waals surface area contributed by atoms with E-state index in [1.54, 1.807) is 0 Å². The van der Waals surface area contributed by atoms with Crippen LogP contribution in [-0.2, 0) is 27.1 Å². The quantitative estimate of drug-likeness (QED) is 0.166. The summed E-state index contributed by atoms with van der Waals surface area (Å²) in [6.07, 6.45) is 0. The Hall–Kier alpha value is -8.83. The molecule has 6 heterocycles. The van der Waals surface area contributed by atoms with Gasteiger partial charge in [-0.3, -0.25) is 0 Å². The van der Waals surface area contributed by atoms with Crippen LogP contribution in [0.15, 0.2) is 176 Å². The highest BCUT2D eigenvalue weighted by Crippen LogP contribution is 2.55. The molecule has 0 amide bonds. The van der Waals surface area contributed by atoms with Crippen LogP contribution in [0.25, 0.3) is 86.3 Å². The van der Waals surface area contributed by atoms with Gasteiger partial charge >= 0.3 is 0 Å². The molecule has 3 aliphatic heterocycles. The van der Waals surface area contributed by atoms with Crippen molar-refractivity contribution in [3.05, 3.63) is 209 Å². The number of aromatic nitrogens is 2. The number of fused-ring (bicyclic) bond motifs is 15. The third-order valence-electron chi connectivity index (χ3n) is 19.8. The van der Waals surface area contributed by atoms with Crippen LogP contribution in [0.1, 0.15) is 137 Å². The third kappa shape index (κ3) is 7.89. The van der Waals surface area contributed by atoms with Crippen molar-refractivity contribution >= 4 is 132 Å². The molecule has 16 rings (SSSR count). The van der Waals surface area contributed by atoms with Crippen molar-refractivity contribution in [2.45, 2.75) is 131 Å². The minimum absolute atomic E-state index is 0.0308. The average molecular weight is 1160 g/mol. The molecule has 0 N–H and O–H groups in total. The summed E-state index contributed by atoms with van der Waals surface area (Å²) in [4.78, 5) is 5.08. The van der Waals surface area contributed by atoms with Gasteiger partial charge in [0.15, 0.2) is 0 Å². The van der Waals surface area contributed by atoms with Gasteiger partial charge in [-0.05, 0) is 186 Å². The lowest BCUT2D eigenvalue weighted by Crippen LogP contribution is -2.62. The van der Waals surface area contributed by atoms with Crippen LogP contribution in [0.4, 0.5) is 34.1 Å². The lowest BCUT2D eigenvalue weighted by molar-refractivity contribution is 0.590. The molecule has 5 nitrogen and oxygen atoms in total. The molecule has 0 saturated carbocycles. The van der Waals surface area contributed by atoms with Crippen LogP contribution in [0.2, 0.25) is 0 Å². The minimum Gasteiger partial charge on any atom is -0.311 e. The number of benzene rings is 10. The second-order valence-electron chi connectivity index (χ2n) is 30.7. The molecule has 0 spiro atoms. The number of rotatable bonds is 3. The van der Waals surface area contributed by atoms with Crippen LogP contribution in [0.5, 0.6) is 0 Å². The van der Waals surface area contributed by atoms with E-state index in [2.05, 4.69) is 305 Å². The van der Waals surface area contributed by atoms with Gasteiger partial charge in [-0.2, -0.15) is 5.26 Å². The zero-order valence-electron chi connectivity index (χ0n) is 53.5. The highest BCUT2D eigenvalue weighted by Gasteiger charge is 2.48. The van der Waals surface area contributed by atoms with E-state index in [-0.39, 0.29) is 33.8 Å². The lowest BCUT2D eigenvalue weighted by atomic mass is 9.33. The van der Waals surface area contributed by atoms with E-state index in [1.165, 1.54) is 130 Å². The van der Waals surface area contributed by atoms with Crippen molar-refractivity contribution in [3.63, 3.8) is 0 Å². The molecule has 0 radical (unpaired) electrons. The van der Waals surface area contributed by atoms with Crippen molar-refractivity contribution in [3.8, 4) is 28.6 Å². The molecule has 7 heteroatoms. The molecular formula is C81H74BN5S. The van der Waals surface area contributed by atoms with E-state index < -0.39 is 0 Å². The van der Waals surface area contributed by atoms with Gasteiger partial charge in [0.1, 0.15) is 0 Å². The standard InChI is InChI=1S/C81H74BN5S/c1-77(2,3)48-25-32-63-57(37-48)58-38-49(78(4,5)6)26-33-64(58)85(63)54-30-31-61-66(44-54)84(53-28-23-47(24-29-53)55-20-18-22-72-73(55)56-19-16-17-21-71(56)88-72)67-35-46(45-83)36-68-74(67)82(61)62-41-52(81(13,14)15)43-70-76(62)87(68)69-42-51(80(10,11)12)40-60-59-39-50(79(7,8)9)27-34-65(59)86(70)75(60)69/h16-44H,1-15H3. The Balaban J connectivity index is 1.01. The van der Waals surface area contributed by atoms with Crippen molar-refractivity contribution < 1.29 is 0 Å². The Morgan fingerprint density at radius 2 is 0.909 bits per heavy atom. The number of nitriles is 1. The maximum absolute atomic E-state index is 11.5. The number of hydrogen-bond acceptors (Lipinski definition) is 4. The Morgan fingerprint density at radius 1 is 0.386 bits per heavy atom. The fourth-order valence-corrected chi connectivity index (χ4v) is 16.0. The molecule has 10 aromatic carbocycles. The molecule has 3 aliphatic rings. The second-order valence-corrected chi connectivity index (χ2v) is 31.7. The molecule has 432 valence electrons. The molecule has 3 aromatic heterocycles. The molecular weight excluding hydrogens is 1090 g/mol. The predicted octanol–water partition coefficient (Wildman–Crippen LogP) is 20.7. The van der Waals surface area contributed by atoms with Crippen LogP contribution < -0.4 is 26.2 Å². The van der Waals surface area contributed by atoms with Gasteiger partial charge in [-0.15, -0.1) is 11.3 Å². The van der Waals surface area contributed by atoms with Crippen LogP contribution >= 0.6 is 11.3 Å². The highest BCUT2D eigenvalue weighted by molar-refractivity contribution is 7.26. The van der Waals surface area contributed by atoms with Gasteiger partial charge in [-0.1, -0.05) is 177 Å². The van der Waals surface area contributed by atoms with E-state index in [4.69, 9.17) is 0 Å². The Labute approximate surface area is 522 Å². The normalized spacial score (nSPS) is 14.0. The van der Waals surface area contributed by atoms with E-state index in [1.807, 2.05) is 11.3 Å². The van der Waals surface area contributed by atoms with Crippen molar-refractivity contribution in [1.82, 2.24) is 9.13 Å². The largest absolute Gasteiger partial charge is 0.311 e. The van der Waals surface area contributed by atoms with Gasteiger partial charge in [0, 0.05) is 70.2 Å². The van der Waals surface area contributed by atoms with E-state index in [9.17, 15) is 5.26 Å². The Kier molecular flexibility index (Phi) is 11.3. The molecule has 0 unspecified atom stereocenters. The first-order valence-electron chi connectivity index (χ1n) is 31.5. The van der Waals surface area contributed by atoms with Crippen LogP contribution in [0.3, 0.4) is 0 Å². The zero-order chi connectivity index (χ0) is 61.2. The average Bonchev–Trinajstić information content (AvgIpc) is 1.14. The number of thiophene rings is 1. The van der Waals surface area contributed by atoms with Gasteiger partial charge in [0.25, 0.3) is 6.71 Å². The first-order chi connectivity index (χ1) is 41.7. The molecule has 0 bridgehead atoms. The number of anilines is 6. The van der Waals surface area contributed by atoms with Gasteiger partial charge < -0.3 is 18.9 Å². The summed E-state index contributed by atoms with van der Waals surface area (Å²) in [5.74, 6) is 0. The summed E-state index contributed by atoms with van der Waals surface area (Å²) < 4.78 is 7.69. The second kappa shape index (κ2) is 18.1. The maximum atomic E-state index is 11.5. The van der Waals surface area contributed by atoms with Gasteiger partial charge in [0.2, 0.25) is 0 Å². The smallest absolute Gasteiger partial charge is 0.252 e. The van der Waals surface area contributed by atoms with Crippen molar-refractivity contribution in [1.29, 1.82) is 5.26 Å². The molecule has 0 atom stereocenters. The van der Waals surface area contributed by atoms with Crippen LogP contribution in [-0.4, -0.2) is 15.8 Å². The summed E-state index contributed by atoms with van der Waals surface area (Å²) in [7, 11) is 0. The van der Waals surface area contributed by atoms with Gasteiger partial charge in [0.05, 0.1) is 50.8 Å².